The number of ether oxygens (including phenoxy) is 3. The van der Waals surface area contributed by atoms with Gasteiger partial charge in [0.1, 0.15) is 17.2 Å². The summed E-state index contributed by atoms with van der Waals surface area (Å²) in [5, 5.41) is 2.90. The molecule has 0 spiro atoms. The van der Waals surface area contributed by atoms with Crippen LogP contribution in [0.3, 0.4) is 0 Å². The van der Waals surface area contributed by atoms with Gasteiger partial charge in [-0.1, -0.05) is 18.2 Å². The lowest BCUT2D eigenvalue weighted by Crippen LogP contribution is -2.31. The van der Waals surface area contributed by atoms with Crippen molar-refractivity contribution in [1.29, 1.82) is 0 Å². The second kappa shape index (κ2) is 8.82. The van der Waals surface area contributed by atoms with Crippen molar-refractivity contribution in [2.45, 2.75) is 19.9 Å². The number of nitrogens with one attached hydrogen (secondary N) is 1. The zero-order valence-corrected chi connectivity index (χ0v) is 14.2. The first-order valence-corrected chi connectivity index (χ1v) is 7.92. The molecule has 1 atom stereocenters. The average Bonchev–Trinajstić information content (AvgIpc) is 2.61. The second-order valence-corrected chi connectivity index (χ2v) is 5.22. The summed E-state index contributed by atoms with van der Waals surface area (Å²) in [5.74, 6) is 1.96. The largest absolute Gasteiger partial charge is 0.496 e. The summed E-state index contributed by atoms with van der Waals surface area (Å²) in [4.78, 5) is 12.1. The van der Waals surface area contributed by atoms with Gasteiger partial charge in [0.05, 0.1) is 19.8 Å². The zero-order chi connectivity index (χ0) is 17.4. The Hall–Kier alpha value is -2.69. The highest BCUT2D eigenvalue weighted by molar-refractivity contribution is 5.78. The Morgan fingerprint density at radius 1 is 1.04 bits per heavy atom. The van der Waals surface area contributed by atoms with E-state index in [1.165, 1.54) is 0 Å². The number of benzene rings is 2. The van der Waals surface area contributed by atoms with Gasteiger partial charge in [0.25, 0.3) is 5.91 Å². The first kappa shape index (κ1) is 17.7. The molecule has 1 amide bonds. The van der Waals surface area contributed by atoms with E-state index in [1.54, 1.807) is 19.2 Å². The van der Waals surface area contributed by atoms with Crippen LogP contribution in [-0.2, 0) is 4.79 Å². The topological polar surface area (TPSA) is 56.8 Å². The fourth-order valence-electron chi connectivity index (χ4n) is 2.33. The molecule has 0 aliphatic heterocycles. The van der Waals surface area contributed by atoms with E-state index < -0.39 is 0 Å². The summed E-state index contributed by atoms with van der Waals surface area (Å²) < 4.78 is 16.2. The van der Waals surface area contributed by atoms with E-state index in [0.717, 1.165) is 17.1 Å². The number of amides is 1. The monoisotopic (exact) mass is 329 g/mol. The molecule has 0 aromatic heterocycles. The van der Waals surface area contributed by atoms with Crippen molar-refractivity contribution < 1.29 is 19.0 Å². The molecule has 5 nitrogen and oxygen atoms in total. The Labute approximate surface area is 142 Å². The number of hydrogen-bond donors (Lipinski definition) is 1. The second-order valence-electron chi connectivity index (χ2n) is 5.22. The van der Waals surface area contributed by atoms with Gasteiger partial charge in [-0.3, -0.25) is 4.79 Å². The highest BCUT2D eigenvalue weighted by Gasteiger charge is 2.13. The number of carbonyl (C=O) groups is 1. The molecule has 24 heavy (non-hydrogen) atoms. The molecule has 2 rings (SSSR count). The summed E-state index contributed by atoms with van der Waals surface area (Å²) in [7, 11) is 1.61. The first-order valence-electron chi connectivity index (χ1n) is 7.92. The lowest BCUT2D eigenvalue weighted by Gasteiger charge is -2.17. The maximum absolute atomic E-state index is 12.1. The summed E-state index contributed by atoms with van der Waals surface area (Å²) in [6.07, 6.45) is 0. The fraction of sp³-hybridized carbons (Fsp3) is 0.316. The minimum absolute atomic E-state index is 0.0481. The molecular weight excluding hydrogens is 306 g/mol. The summed E-state index contributed by atoms with van der Waals surface area (Å²) in [6, 6.07) is 14.6. The average molecular weight is 329 g/mol. The zero-order valence-electron chi connectivity index (χ0n) is 14.2. The van der Waals surface area contributed by atoms with E-state index in [2.05, 4.69) is 5.32 Å². The van der Waals surface area contributed by atoms with E-state index in [0.29, 0.717) is 12.4 Å². The molecule has 0 saturated carbocycles. The smallest absolute Gasteiger partial charge is 0.258 e. The molecule has 0 heterocycles. The van der Waals surface area contributed by atoms with E-state index in [1.807, 2.05) is 50.2 Å². The third-order valence-corrected chi connectivity index (χ3v) is 3.49. The predicted molar refractivity (Wildman–Crippen MR) is 92.7 cm³/mol. The molecule has 0 bridgehead atoms. The van der Waals surface area contributed by atoms with Crippen LogP contribution in [0.15, 0.2) is 48.5 Å². The Kier molecular flexibility index (Phi) is 6.49. The fourth-order valence-corrected chi connectivity index (χ4v) is 2.33. The van der Waals surface area contributed by atoms with Gasteiger partial charge in [-0.2, -0.15) is 0 Å². The maximum Gasteiger partial charge on any atom is 0.258 e. The van der Waals surface area contributed by atoms with Crippen LogP contribution in [0.5, 0.6) is 17.2 Å². The molecule has 1 N–H and O–H groups in total. The van der Waals surface area contributed by atoms with E-state index >= 15 is 0 Å². The highest BCUT2D eigenvalue weighted by atomic mass is 16.5. The van der Waals surface area contributed by atoms with E-state index in [9.17, 15) is 4.79 Å². The van der Waals surface area contributed by atoms with Crippen LogP contribution in [0.2, 0.25) is 0 Å². The SMILES string of the molecule is CCOc1ccc(OCC(=O)NC(C)c2ccccc2OC)cc1. The quantitative estimate of drug-likeness (QED) is 0.807. The normalized spacial score (nSPS) is 11.5. The number of rotatable bonds is 8. The van der Waals surface area contributed by atoms with Gasteiger partial charge in [-0.05, 0) is 44.2 Å². The Morgan fingerprint density at radius 2 is 1.67 bits per heavy atom. The molecule has 2 aromatic carbocycles. The van der Waals surface area contributed by atoms with Crippen molar-refractivity contribution in [1.82, 2.24) is 5.32 Å². The number of para-hydroxylation sites is 1. The van der Waals surface area contributed by atoms with Crippen LogP contribution in [0.1, 0.15) is 25.5 Å². The van der Waals surface area contributed by atoms with Crippen molar-refractivity contribution in [2.75, 3.05) is 20.3 Å². The third kappa shape index (κ3) is 4.91. The molecule has 0 radical (unpaired) electrons. The Morgan fingerprint density at radius 3 is 2.29 bits per heavy atom. The molecule has 0 fully saturated rings. The van der Waals surface area contributed by atoms with Gasteiger partial charge in [0.15, 0.2) is 6.61 Å². The predicted octanol–water partition coefficient (Wildman–Crippen LogP) is 3.35. The van der Waals surface area contributed by atoms with Gasteiger partial charge >= 0.3 is 0 Å². The summed E-state index contributed by atoms with van der Waals surface area (Å²) in [6.45, 7) is 4.40. The Bertz CT molecular complexity index is 655. The molecule has 5 heteroatoms. The molecule has 0 aliphatic carbocycles. The molecule has 1 unspecified atom stereocenters. The first-order chi connectivity index (χ1) is 11.6. The molecule has 2 aromatic rings. The van der Waals surface area contributed by atoms with Crippen LogP contribution in [0.4, 0.5) is 0 Å². The molecule has 0 saturated heterocycles. The van der Waals surface area contributed by atoms with Crippen molar-refractivity contribution in [3.8, 4) is 17.2 Å². The maximum atomic E-state index is 12.1. The van der Waals surface area contributed by atoms with Crippen LogP contribution in [0, 0.1) is 0 Å². The standard InChI is InChI=1S/C19H23NO4/c1-4-23-15-9-11-16(12-10-15)24-13-19(21)20-14(2)17-7-5-6-8-18(17)22-3/h5-12,14H,4,13H2,1-3H3,(H,20,21). The Balaban J connectivity index is 1.86. The van der Waals surface area contributed by atoms with Gasteiger partial charge in [-0.15, -0.1) is 0 Å². The summed E-state index contributed by atoms with van der Waals surface area (Å²) in [5.41, 5.74) is 0.925. The van der Waals surface area contributed by atoms with Crippen LogP contribution >= 0.6 is 0 Å². The van der Waals surface area contributed by atoms with Gasteiger partial charge in [-0.25, -0.2) is 0 Å². The third-order valence-electron chi connectivity index (χ3n) is 3.49. The molecule has 128 valence electrons. The van der Waals surface area contributed by atoms with Crippen LogP contribution < -0.4 is 19.5 Å². The summed E-state index contributed by atoms with van der Waals surface area (Å²) >= 11 is 0. The number of carbonyl (C=O) groups excluding carboxylic acids is 1. The lowest BCUT2D eigenvalue weighted by atomic mass is 10.1. The van der Waals surface area contributed by atoms with Gasteiger partial charge in [0.2, 0.25) is 0 Å². The van der Waals surface area contributed by atoms with Crippen molar-refractivity contribution >= 4 is 5.91 Å². The van der Waals surface area contributed by atoms with Crippen LogP contribution in [-0.4, -0.2) is 26.2 Å². The van der Waals surface area contributed by atoms with E-state index in [-0.39, 0.29) is 18.6 Å². The lowest BCUT2D eigenvalue weighted by molar-refractivity contribution is -0.123. The minimum Gasteiger partial charge on any atom is -0.496 e. The van der Waals surface area contributed by atoms with Crippen molar-refractivity contribution in [2.24, 2.45) is 0 Å². The van der Waals surface area contributed by atoms with Gasteiger partial charge in [0, 0.05) is 5.56 Å². The molecule has 0 aliphatic rings. The highest BCUT2D eigenvalue weighted by Crippen LogP contribution is 2.24. The van der Waals surface area contributed by atoms with Crippen molar-refractivity contribution in [3.05, 3.63) is 54.1 Å². The number of hydrogen-bond acceptors (Lipinski definition) is 4. The van der Waals surface area contributed by atoms with Crippen molar-refractivity contribution in [3.63, 3.8) is 0 Å². The number of methoxy groups -OCH3 is 1. The van der Waals surface area contributed by atoms with Crippen LogP contribution in [0.25, 0.3) is 0 Å². The minimum atomic E-state index is -0.192. The van der Waals surface area contributed by atoms with Gasteiger partial charge < -0.3 is 19.5 Å². The van der Waals surface area contributed by atoms with E-state index in [4.69, 9.17) is 14.2 Å². The molecular formula is C19H23NO4.